The van der Waals surface area contributed by atoms with Crippen molar-refractivity contribution in [1.82, 2.24) is 20.3 Å². The van der Waals surface area contributed by atoms with E-state index in [2.05, 4.69) is 15.6 Å². The van der Waals surface area contributed by atoms with Crippen molar-refractivity contribution in [3.8, 4) is 11.3 Å². The van der Waals surface area contributed by atoms with Crippen LogP contribution in [-0.4, -0.2) is 32.0 Å². The van der Waals surface area contributed by atoms with Gasteiger partial charge >= 0.3 is 0 Å². The van der Waals surface area contributed by atoms with Gasteiger partial charge in [0, 0.05) is 29.4 Å². The van der Waals surface area contributed by atoms with Crippen molar-refractivity contribution in [2.45, 2.75) is 45.4 Å². The van der Waals surface area contributed by atoms with Gasteiger partial charge in [-0.25, -0.2) is 0 Å². The average molecular weight is 368 g/mol. The summed E-state index contributed by atoms with van der Waals surface area (Å²) in [4.78, 5) is 12.3. The minimum Gasteiger partial charge on any atom is -0.392 e. The van der Waals surface area contributed by atoms with Crippen LogP contribution < -0.4 is 5.32 Å². The molecule has 0 bridgehead atoms. The zero-order valence-electron chi connectivity index (χ0n) is 15.5. The molecular weight excluding hydrogens is 344 g/mol. The number of aromatic nitrogens is 3. The predicted molar refractivity (Wildman–Crippen MR) is 101 cm³/mol. The Hall–Kier alpha value is -2.93. The van der Waals surface area contributed by atoms with Crippen LogP contribution in [-0.2, 0) is 6.61 Å². The van der Waals surface area contributed by atoms with Crippen molar-refractivity contribution in [3.05, 3.63) is 60.0 Å². The molecule has 2 N–H and O–H groups in total. The molecule has 3 aromatic rings. The molecule has 7 nitrogen and oxygen atoms in total. The summed E-state index contributed by atoms with van der Waals surface area (Å²) in [5, 5.41) is 20.1. The fourth-order valence-corrected chi connectivity index (χ4v) is 2.96. The highest BCUT2D eigenvalue weighted by Crippen LogP contribution is 2.32. The number of nitrogens with one attached hydrogen (secondary N) is 1. The molecule has 0 radical (unpaired) electrons. The Morgan fingerprint density at radius 1 is 1.30 bits per heavy atom. The molecule has 0 unspecified atom stereocenters. The van der Waals surface area contributed by atoms with Crippen LogP contribution in [0.4, 0.5) is 0 Å². The summed E-state index contributed by atoms with van der Waals surface area (Å²) in [7, 11) is 0. The molecule has 0 saturated heterocycles. The van der Waals surface area contributed by atoms with Gasteiger partial charge in [-0.3, -0.25) is 9.48 Å². The van der Waals surface area contributed by atoms with E-state index < -0.39 is 0 Å². The van der Waals surface area contributed by atoms with E-state index in [0.29, 0.717) is 5.76 Å². The molecule has 0 spiro atoms. The summed E-state index contributed by atoms with van der Waals surface area (Å²) in [5.41, 5.74) is 1.96. The molecule has 1 aromatic carbocycles. The van der Waals surface area contributed by atoms with Gasteiger partial charge in [-0.1, -0.05) is 49.3 Å². The fraction of sp³-hybridized carbons (Fsp3) is 0.350. The maximum absolute atomic E-state index is 12.3. The minimum absolute atomic E-state index is 0.0111. The largest absolute Gasteiger partial charge is 0.392 e. The number of amides is 1. The van der Waals surface area contributed by atoms with E-state index >= 15 is 0 Å². The van der Waals surface area contributed by atoms with Gasteiger partial charge in [0.05, 0.1) is 18.8 Å². The number of hydrogen-bond donors (Lipinski definition) is 2. The van der Waals surface area contributed by atoms with E-state index in [0.717, 1.165) is 24.0 Å². The number of aliphatic hydroxyl groups is 1. The molecule has 1 aliphatic rings. The number of carbonyl (C=O) groups excluding carboxylic acids is 1. The van der Waals surface area contributed by atoms with Crippen molar-refractivity contribution in [2.75, 3.05) is 0 Å². The SMILES string of the molecule is CC.O=C(NC1CC(n2cc(CO)cn2)C1)c1cc(-c2ccccc2)on1. The standard InChI is InChI=1S/C18H18N4O3.C2H6/c23-11-12-9-19-22(10-12)15-6-14(7-15)20-18(24)16-8-17(25-21-16)13-4-2-1-3-5-13;1-2/h1-5,8-10,14-15,23H,6-7,11H2,(H,20,24);1-2H3. The van der Waals surface area contributed by atoms with Gasteiger partial charge in [-0.15, -0.1) is 0 Å². The summed E-state index contributed by atoms with van der Waals surface area (Å²) in [5.74, 6) is 0.344. The minimum atomic E-state index is -0.231. The van der Waals surface area contributed by atoms with E-state index in [4.69, 9.17) is 9.63 Å². The maximum Gasteiger partial charge on any atom is 0.273 e. The fourth-order valence-electron chi connectivity index (χ4n) is 2.96. The second-order valence-corrected chi connectivity index (χ2v) is 6.22. The molecule has 2 aromatic heterocycles. The Kier molecular flexibility index (Phi) is 6.03. The maximum atomic E-state index is 12.3. The topological polar surface area (TPSA) is 93.2 Å². The first-order valence-corrected chi connectivity index (χ1v) is 9.20. The molecule has 1 aliphatic carbocycles. The highest BCUT2D eigenvalue weighted by atomic mass is 16.5. The van der Waals surface area contributed by atoms with Crippen LogP contribution in [0.25, 0.3) is 11.3 Å². The molecule has 27 heavy (non-hydrogen) atoms. The van der Waals surface area contributed by atoms with Crippen molar-refractivity contribution < 1.29 is 14.4 Å². The third-order valence-electron chi connectivity index (χ3n) is 4.46. The molecule has 1 amide bonds. The van der Waals surface area contributed by atoms with Crippen LogP contribution in [0.2, 0.25) is 0 Å². The van der Waals surface area contributed by atoms with E-state index in [1.54, 1.807) is 12.3 Å². The van der Waals surface area contributed by atoms with Gasteiger partial charge < -0.3 is 14.9 Å². The third kappa shape index (κ3) is 4.25. The first-order chi connectivity index (χ1) is 13.2. The lowest BCUT2D eigenvalue weighted by Crippen LogP contribution is -2.45. The lowest BCUT2D eigenvalue weighted by atomic mass is 9.87. The number of rotatable bonds is 5. The molecular formula is C20H24N4O3. The summed E-state index contributed by atoms with van der Waals surface area (Å²) < 4.78 is 7.11. The molecule has 7 heteroatoms. The van der Waals surface area contributed by atoms with Crippen LogP contribution in [0.1, 0.15) is 48.8 Å². The Morgan fingerprint density at radius 3 is 2.70 bits per heavy atom. The van der Waals surface area contributed by atoms with Crippen LogP contribution in [0.3, 0.4) is 0 Å². The number of benzene rings is 1. The molecule has 142 valence electrons. The van der Waals surface area contributed by atoms with Gasteiger partial charge in [-0.05, 0) is 12.8 Å². The Bertz CT molecular complexity index is 866. The lowest BCUT2D eigenvalue weighted by molar-refractivity contribution is 0.0879. The normalized spacial score (nSPS) is 18.2. The molecule has 0 atom stereocenters. The molecule has 2 heterocycles. The Balaban J connectivity index is 0.00000102. The van der Waals surface area contributed by atoms with Gasteiger partial charge in [-0.2, -0.15) is 5.10 Å². The average Bonchev–Trinajstić information content (AvgIpc) is 3.36. The molecule has 1 fully saturated rings. The van der Waals surface area contributed by atoms with Gasteiger partial charge in [0.2, 0.25) is 0 Å². The summed E-state index contributed by atoms with van der Waals surface area (Å²) in [6, 6.07) is 11.5. The smallest absolute Gasteiger partial charge is 0.273 e. The number of nitrogens with zero attached hydrogens (tertiary/aromatic N) is 3. The van der Waals surface area contributed by atoms with Crippen molar-refractivity contribution in [2.24, 2.45) is 0 Å². The summed E-state index contributed by atoms with van der Waals surface area (Å²) in [6.07, 6.45) is 5.11. The van der Waals surface area contributed by atoms with Crippen molar-refractivity contribution in [1.29, 1.82) is 0 Å². The first kappa shape index (κ1) is 18.8. The quantitative estimate of drug-likeness (QED) is 0.721. The number of hydrogen-bond acceptors (Lipinski definition) is 5. The zero-order valence-corrected chi connectivity index (χ0v) is 15.5. The summed E-state index contributed by atoms with van der Waals surface area (Å²) in [6.45, 7) is 3.99. The van der Waals surface area contributed by atoms with E-state index in [9.17, 15) is 4.79 Å². The van der Waals surface area contributed by atoms with Gasteiger partial charge in [0.25, 0.3) is 5.91 Å². The number of aliphatic hydroxyl groups excluding tert-OH is 1. The second kappa shape index (κ2) is 8.64. The lowest BCUT2D eigenvalue weighted by Gasteiger charge is -2.35. The molecule has 0 aliphatic heterocycles. The highest BCUT2D eigenvalue weighted by Gasteiger charge is 2.32. The Morgan fingerprint density at radius 2 is 2.04 bits per heavy atom. The van der Waals surface area contributed by atoms with Crippen LogP contribution in [0.5, 0.6) is 0 Å². The highest BCUT2D eigenvalue weighted by molar-refractivity contribution is 5.93. The predicted octanol–water partition coefficient (Wildman–Crippen LogP) is 3.19. The van der Waals surface area contributed by atoms with Gasteiger partial charge in [0.1, 0.15) is 0 Å². The third-order valence-corrected chi connectivity index (χ3v) is 4.46. The van der Waals surface area contributed by atoms with Crippen LogP contribution in [0.15, 0.2) is 53.3 Å². The van der Waals surface area contributed by atoms with Crippen molar-refractivity contribution in [3.63, 3.8) is 0 Å². The molecule has 4 rings (SSSR count). The van der Waals surface area contributed by atoms with E-state index in [1.165, 1.54) is 0 Å². The van der Waals surface area contributed by atoms with E-state index in [-0.39, 0.29) is 30.3 Å². The van der Waals surface area contributed by atoms with Crippen LogP contribution >= 0.6 is 0 Å². The first-order valence-electron chi connectivity index (χ1n) is 9.20. The van der Waals surface area contributed by atoms with Crippen LogP contribution in [0, 0.1) is 0 Å². The number of carbonyl (C=O) groups is 1. The molecule has 1 saturated carbocycles. The van der Waals surface area contributed by atoms with Crippen molar-refractivity contribution >= 4 is 5.91 Å². The monoisotopic (exact) mass is 368 g/mol. The zero-order chi connectivity index (χ0) is 19.2. The second-order valence-electron chi connectivity index (χ2n) is 6.22. The van der Waals surface area contributed by atoms with E-state index in [1.807, 2.05) is 55.1 Å². The Labute approximate surface area is 158 Å². The van der Waals surface area contributed by atoms with Gasteiger partial charge in [0.15, 0.2) is 11.5 Å². The summed E-state index contributed by atoms with van der Waals surface area (Å²) >= 11 is 0.